The second kappa shape index (κ2) is 26.8. The Labute approximate surface area is 67.0 Å². The molecule has 7 heavy (non-hydrogen) atoms. The SMILES string of the molecule is O=[As]O.O=[As]O.[Zn]. The van der Waals surface area contributed by atoms with Crippen molar-refractivity contribution in [1.82, 2.24) is 0 Å². The smallest absolute Gasteiger partial charge is 0 e. The Morgan fingerprint density at radius 1 is 1.00 bits per heavy atom. The van der Waals surface area contributed by atoms with Crippen molar-refractivity contribution in [2.75, 3.05) is 0 Å². The van der Waals surface area contributed by atoms with E-state index in [1.165, 1.54) is 0 Å². The Kier molecular flexibility index (Phi) is 60.2. The van der Waals surface area contributed by atoms with Gasteiger partial charge >= 0.3 is 47.7 Å². The third-order valence-corrected chi connectivity index (χ3v) is 0. The van der Waals surface area contributed by atoms with E-state index in [0.29, 0.717) is 0 Å². The zero-order valence-corrected chi connectivity index (χ0v) is 10.0. The summed E-state index contributed by atoms with van der Waals surface area (Å²) in [5.74, 6) is 0. The first kappa shape index (κ1) is 15.7. The van der Waals surface area contributed by atoms with Crippen LogP contribution in [0.3, 0.4) is 0 Å². The van der Waals surface area contributed by atoms with E-state index in [0.717, 1.165) is 0 Å². The van der Waals surface area contributed by atoms with Crippen molar-refractivity contribution in [2.45, 2.75) is 0 Å². The van der Waals surface area contributed by atoms with Crippen molar-refractivity contribution in [3.8, 4) is 0 Å². The molecule has 0 atom stereocenters. The minimum absolute atomic E-state index is 0. The fourth-order valence-electron chi connectivity index (χ4n) is 0. The van der Waals surface area contributed by atoms with Gasteiger partial charge < -0.3 is 0 Å². The Bertz CT molecular complexity index is 30.7. The van der Waals surface area contributed by atoms with Gasteiger partial charge in [-0.2, -0.15) is 0 Å². The molecule has 0 aromatic rings. The van der Waals surface area contributed by atoms with Crippen molar-refractivity contribution >= 4 is 32.1 Å². The van der Waals surface area contributed by atoms with Crippen molar-refractivity contribution in [1.29, 1.82) is 0 Å². The van der Waals surface area contributed by atoms with E-state index in [1.807, 2.05) is 0 Å². The maximum Gasteiger partial charge on any atom is 0 e. The first-order chi connectivity index (χ1) is 2.83. The van der Waals surface area contributed by atoms with Gasteiger partial charge in [0.15, 0.2) is 0 Å². The van der Waals surface area contributed by atoms with Gasteiger partial charge in [0.25, 0.3) is 0 Å². The van der Waals surface area contributed by atoms with Gasteiger partial charge in [0, 0.05) is 19.5 Å². The van der Waals surface area contributed by atoms with Crippen LogP contribution < -0.4 is 0 Å². The monoisotopic (exact) mass is 280 g/mol. The molecule has 0 fully saturated rings. The van der Waals surface area contributed by atoms with Crippen LogP contribution in [0.15, 0.2) is 0 Å². The van der Waals surface area contributed by atoms with E-state index in [4.69, 9.17) is 15.7 Å². The third kappa shape index (κ3) is 126. The number of hydrogen-bond acceptors (Lipinski definition) is 2. The molecule has 0 saturated carbocycles. The standard InChI is InChI=1S/2AsHO2.Zn/c2*2-1-3;/h2*(H,2,3);. The molecule has 0 amide bonds. The predicted molar refractivity (Wildman–Crippen MR) is 17.3 cm³/mol. The zero-order valence-electron chi connectivity index (χ0n) is 3.31. The predicted octanol–water partition coefficient (Wildman–Crippen LogP) is -2.12. The van der Waals surface area contributed by atoms with E-state index in [9.17, 15) is 0 Å². The summed E-state index contributed by atoms with van der Waals surface area (Å²) < 4.78 is 31.4. The first-order valence-corrected chi connectivity index (χ1v) is 3.98. The summed E-state index contributed by atoms with van der Waals surface area (Å²) >= 11 is -3.12. The maximum absolute atomic E-state index is 8.58. The quantitative estimate of drug-likeness (QED) is 0.498. The molecule has 0 spiro atoms. The van der Waals surface area contributed by atoms with Crippen molar-refractivity contribution in [3.05, 3.63) is 0 Å². The van der Waals surface area contributed by atoms with E-state index < -0.39 is 32.1 Å². The van der Waals surface area contributed by atoms with Crippen LogP contribution in [0.2, 0.25) is 0 Å². The summed E-state index contributed by atoms with van der Waals surface area (Å²) in [5.41, 5.74) is 0. The van der Waals surface area contributed by atoms with Crippen LogP contribution in [0.5, 0.6) is 0 Å². The van der Waals surface area contributed by atoms with E-state index in [2.05, 4.69) is 0 Å². The summed E-state index contributed by atoms with van der Waals surface area (Å²) in [6.45, 7) is 0. The zero-order chi connectivity index (χ0) is 5.41. The topological polar surface area (TPSA) is 74.6 Å². The third-order valence-electron chi connectivity index (χ3n) is 0. The van der Waals surface area contributed by atoms with Gasteiger partial charge in [0.2, 0.25) is 0 Å². The maximum atomic E-state index is 8.58. The molecule has 0 aromatic heterocycles. The molecular weight excluding hydrogens is 279 g/mol. The van der Waals surface area contributed by atoms with Crippen molar-refractivity contribution in [3.63, 3.8) is 0 Å². The van der Waals surface area contributed by atoms with Crippen LogP contribution in [0.1, 0.15) is 0 Å². The largest absolute Gasteiger partial charge is 0 e. The fourth-order valence-corrected chi connectivity index (χ4v) is 0. The fraction of sp³-hybridized carbons (Fsp3) is 0. The van der Waals surface area contributed by atoms with Crippen molar-refractivity contribution < 1.29 is 35.1 Å². The van der Waals surface area contributed by atoms with Gasteiger partial charge in [-0.05, 0) is 0 Å². The Morgan fingerprint density at radius 3 is 1.00 bits per heavy atom. The molecule has 0 saturated heterocycles. The van der Waals surface area contributed by atoms with Gasteiger partial charge in [0.05, 0.1) is 0 Å². The second-order valence-corrected chi connectivity index (χ2v) is 0.849. The average Bonchev–Trinajstić information content (AvgIpc) is 1.39. The summed E-state index contributed by atoms with van der Waals surface area (Å²) in [7, 11) is 0. The summed E-state index contributed by atoms with van der Waals surface area (Å²) in [6.07, 6.45) is 0. The van der Waals surface area contributed by atoms with Crippen molar-refractivity contribution in [2.24, 2.45) is 0 Å². The summed E-state index contributed by atoms with van der Waals surface area (Å²) in [4.78, 5) is 0. The van der Waals surface area contributed by atoms with Crippen LogP contribution in [0.4, 0.5) is 0 Å². The van der Waals surface area contributed by atoms with Crippen LogP contribution >= 0.6 is 0 Å². The molecule has 0 rings (SSSR count). The summed E-state index contributed by atoms with van der Waals surface area (Å²) in [6, 6.07) is 0. The van der Waals surface area contributed by atoms with E-state index >= 15 is 0 Å². The van der Waals surface area contributed by atoms with E-state index in [-0.39, 0.29) is 19.5 Å². The Morgan fingerprint density at radius 2 is 1.00 bits per heavy atom. The Balaban J connectivity index is -0.0000000400. The normalized spacial score (nSPS) is 6.00. The molecule has 0 aliphatic heterocycles. The second-order valence-electron chi connectivity index (χ2n) is 0.163. The van der Waals surface area contributed by atoms with Gasteiger partial charge in [-0.25, -0.2) is 0 Å². The number of rotatable bonds is 0. The average molecular weight is 281 g/mol. The van der Waals surface area contributed by atoms with Crippen LogP contribution in [-0.4, -0.2) is 40.3 Å². The summed E-state index contributed by atoms with van der Waals surface area (Å²) in [5, 5.41) is 0. The molecule has 38 valence electrons. The Hall–Kier alpha value is 1.26. The molecule has 2 N–H and O–H groups in total. The molecule has 0 aliphatic rings. The minimum atomic E-state index is -1.56. The van der Waals surface area contributed by atoms with Gasteiger partial charge in [-0.15, -0.1) is 0 Å². The first-order valence-electron chi connectivity index (χ1n) is 0.765. The van der Waals surface area contributed by atoms with Crippen LogP contribution in [-0.2, 0) is 27.0 Å². The molecule has 0 aliphatic carbocycles. The van der Waals surface area contributed by atoms with Crippen LogP contribution in [0, 0.1) is 0 Å². The molecule has 0 aromatic carbocycles. The minimum Gasteiger partial charge on any atom is 0 e. The number of hydrogen-bond donors (Lipinski definition) is 2. The molecule has 4 nitrogen and oxygen atoms in total. The van der Waals surface area contributed by atoms with Gasteiger partial charge in [0.1, 0.15) is 0 Å². The van der Waals surface area contributed by atoms with Gasteiger partial charge in [-0.1, -0.05) is 0 Å². The van der Waals surface area contributed by atoms with E-state index in [1.54, 1.807) is 0 Å². The molecule has 0 bridgehead atoms. The molecular formula is H2As2O4Zn. The molecule has 0 heterocycles. The molecule has 0 radical (unpaired) electrons. The molecule has 7 heteroatoms. The molecule has 0 unspecified atom stereocenters. The van der Waals surface area contributed by atoms with Crippen LogP contribution in [0.25, 0.3) is 0 Å². The van der Waals surface area contributed by atoms with Gasteiger partial charge in [-0.3, -0.25) is 0 Å².